The van der Waals surface area contributed by atoms with E-state index in [4.69, 9.17) is 4.74 Å². The SMILES string of the molecule is CS(=O)(=O)C1CCCC(Oc2ccc(Br)cc2C=O)C1. The van der Waals surface area contributed by atoms with Crippen LogP contribution in [0.4, 0.5) is 0 Å². The summed E-state index contributed by atoms with van der Waals surface area (Å²) in [7, 11) is -3.03. The highest BCUT2D eigenvalue weighted by Gasteiger charge is 2.30. The van der Waals surface area contributed by atoms with Gasteiger partial charge in [0, 0.05) is 17.1 Å². The van der Waals surface area contributed by atoms with Gasteiger partial charge in [-0.2, -0.15) is 0 Å². The highest BCUT2D eigenvalue weighted by molar-refractivity contribution is 9.10. The Bertz CT molecular complexity index is 597. The molecule has 0 aliphatic heterocycles. The van der Waals surface area contributed by atoms with Gasteiger partial charge in [-0.25, -0.2) is 8.42 Å². The first-order valence-corrected chi connectivity index (χ1v) is 9.25. The average molecular weight is 361 g/mol. The summed E-state index contributed by atoms with van der Waals surface area (Å²) in [5.74, 6) is 0.516. The fourth-order valence-corrected chi connectivity index (χ4v) is 4.03. The predicted molar refractivity (Wildman–Crippen MR) is 81.0 cm³/mol. The van der Waals surface area contributed by atoms with Crippen LogP contribution < -0.4 is 4.74 Å². The Morgan fingerprint density at radius 2 is 2.10 bits per heavy atom. The van der Waals surface area contributed by atoms with E-state index in [1.807, 2.05) is 0 Å². The maximum atomic E-state index is 11.6. The van der Waals surface area contributed by atoms with Crippen LogP contribution in [-0.4, -0.2) is 32.3 Å². The summed E-state index contributed by atoms with van der Waals surface area (Å²) in [4.78, 5) is 11.0. The van der Waals surface area contributed by atoms with Crippen molar-refractivity contribution < 1.29 is 17.9 Å². The maximum Gasteiger partial charge on any atom is 0.153 e. The lowest BCUT2D eigenvalue weighted by molar-refractivity contribution is 0.111. The summed E-state index contributed by atoms with van der Waals surface area (Å²) in [6.45, 7) is 0. The Hall–Kier alpha value is -0.880. The van der Waals surface area contributed by atoms with E-state index in [1.54, 1.807) is 18.2 Å². The van der Waals surface area contributed by atoms with Crippen molar-refractivity contribution in [1.29, 1.82) is 0 Å². The second-order valence-corrected chi connectivity index (χ2v) is 8.40. The van der Waals surface area contributed by atoms with Gasteiger partial charge in [0.15, 0.2) is 6.29 Å². The van der Waals surface area contributed by atoms with E-state index < -0.39 is 9.84 Å². The number of hydrogen-bond acceptors (Lipinski definition) is 4. The van der Waals surface area contributed by atoms with Crippen LogP contribution in [0.2, 0.25) is 0 Å². The monoisotopic (exact) mass is 360 g/mol. The van der Waals surface area contributed by atoms with Crippen LogP contribution >= 0.6 is 15.9 Å². The number of carbonyl (C=O) groups excluding carboxylic acids is 1. The minimum Gasteiger partial charge on any atom is -0.490 e. The normalized spacial score (nSPS) is 23.3. The summed E-state index contributed by atoms with van der Waals surface area (Å²) < 4.78 is 29.9. The third-order valence-electron chi connectivity index (χ3n) is 3.58. The number of carbonyl (C=O) groups is 1. The maximum absolute atomic E-state index is 11.6. The van der Waals surface area contributed by atoms with Crippen molar-refractivity contribution in [2.75, 3.05) is 6.26 Å². The first-order chi connectivity index (χ1) is 9.40. The number of rotatable bonds is 4. The van der Waals surface area contributed by atoms with E-state index in [1.165, 1.54) is 6.26 Å². The molecule has 0 N–H and O–H groups in total. The molecule has 0 bridgehead atoms. The molecule has 0 saturated heterocycles. The number of sulfone groups is 1. The average Bonchev–Trinajstić information content (AvgIpc) is 2.40. The van der Waals surface area contributed by atoms with Crippen LogP contribution in [0.1, 0.15) is 36.0 Å². The topological polar surface area (TPSA) is 60.4 Å². The molecule has 2 rings (SSSR count). The molecule has 0 radical (unpaired) electrons. The molecule has 1 fully saturated rings. The van der Waals surface area contributed by atoms with Gasteiger partial charge >= 0.3 is 0 Å². The van der Waals surface area contributed by atoms with Crippen molar-refractivity contribution >= 4 is 32.1 Å². The van der Waals surface area contributed by atoms with E-state index >= 15 is 0 Å². The lowest BCUT2D eigenvalue weighted by Gasteiger charge is -2.28. The predicted octanol–water partition coefficient (Wildman–Crippen LogP) is 3.00. The fourth-order valence-electron chi connectivity index (χ4n) is 2.50. The molecule has 1 saturated carbocycles. The Labute approximate surface area is 127 Å². The number of benzene rings is 1. The van der Waals surface area contributed by atoms with E-state index in [9.17, 15) is 13.2 Å². The summed E-state index contributed by atoms with van der Waals surface area (Å²) in [6, 6.07) is 5.23. The van der Waals surface area contributed by atoms with Crippen molar-refractivity contribution in [3.63, 3.8) is 0 Å². The standard InChI is InChI=1S/C14H17BrO4S/c1-20(17,18)13-4-2-3-12(8-13)19-14-6-5-11(15)7-10(14)9-16/h5-7,9,12-13H,2-4,8H2,1H3. The zero-order chi connectivity index (χ0) is 14.8. The lowest BCUT2D eigenvalue weighted by atomic mass is 9.97. The van der Waals surface area contributed by atoms with E-state index in [0.717, 1.165) is 23.6 Å². The molecular weight excluding hydrogens is 344 g/mol. The highest BCUT2D eigenvalue weighted by atomic mass is 79.9. The largest absolute Gasteiger partial charge is 0.490 e. The molecule has 6 heteroatoms. The Morgan fingerprint density at radius 1 is 1.35 bits per heavy atom. The van der Waals surface area contributed by atoms with Crippen molar-refractivity contribution in [3.8, 4) is 5.75 Å². The number of ether oxygens (including phenoxy) is 1. The van der Waals surface area contributed by atoms with Crippen molar-refractivity contribution in [2.24, 2.45) is 0 Å². The first-order valence-electron chi connectivity index (χ1n) is 6.50. The minimum atomic E-state index is -3.03. The van der Waals surface area contributed by atoms with Crippen LogP contribution in [-0.2, 0) is 9.84 Å². The summed E-state index contributed by atoms with van der Waals surface area (Å²) in [6.07, 6.45) is 4.71. The van der Waals surface area contributed by atoms with Gasteiger partial charge in [0.1, 0.15) is 15.6 Å². The third-order valence-corrected chi connectivity index (χ3v) is 5.71. The molecule has 1 aromatic rings. The Morgan fingerprint density at radius 3 is 2.75 bits per heavy atom. The van der Waals surface area contributed by atoms with Gasteiger partial charge in [0.2, 0.25) is 0 Å². The smallest absolute Gasteiger partial charge is 0.153 e. The van der Waals surface area contributed by atoms with Gasteiger partial charge in [-0.3, -0.25) is 4.79 Å². The molecular formula is C14H17BrO4S. The molecule has 1 aliphatic carbocycles. The Kier molecular flexibility index (Phi) is 4.86. The third kappa shape index (κ3) is 3.82. The van der Waals surface area contributed by atoms with Crippen molar-refractivity contribution in [3.05, 3.63) is 28.2 Å². The van der Waals surface area contributed by atoms with Crippen LogP contribution in [0, 0.1) is 0 Å². The molecule has 110 valence electrons. The van der Waals surface area contributed by atoms with Gasteiger partial charge in [0.05, 0.1) is 16.9 Å². The zero-order valence-corrected chi connectivity index (χ0v) is 13.6. The molecule has 1 aliphatic rings. The van der Waals surface area contributed by atoms with Gasteiger partial charge < -0.3 is 4.74 Å². The van der Waals surface area contributed by atoms with Gasteiger partial charge in [-0.15, -0.1) is 0 Å². The summed E-state index contributed by atoms with van der Waals surface area (Å²) in [5.41, 5.74) is 0.473. The Balaban J connectivity index is 2.12. The number of aldehydes is 1. The molecule has 2 unspecified atom stereocenters. The summed E-state index contributed by atoms with van der Waals surface area (Å²) >= 11 is 3.30. The van der Waals surface area contributed by atoms with Crippen LogP contribution in [0.3, 0.4) is 0 Å². The van der Waals surface area contributed by atoms with Crippen molar-refractivity contribution in [1.82, 2.24) is 0 Å². The van der Waals surface area contributed by atoms with E-state index in [0.29, 0.717) is 24.2 Å². The van der Waals surface area contributed by atoms with Gasteiger partial charge in [-0.1, -0.05) is 15.9 Å². The second-order valence-electron chi connectivity index (χ2n) is 5.16. The summed E-state index contributed by atoms with van der Waals surface area (Å²) in [5, 5.41) is -0.337. The zero-order valence-electron chi connectivity index (χ0n) is 11.2. The lowest BCUT2D eigenvalue weighted by Crippen LogP contribution is -2.33. The van der Waals surface area contributed by atoms with Crippen LogP contribution in [0.15, 0.2) is 22.7 Å². The highest BCUT2D eigenvalue weighted by Crippen LogP contribution is 2.29. The molecule has 20 heavy (non-hydrogen) atoms. The van der Waals surface area contributed by atoms with E-state index in [-0.39, 0.29) is 11.4 Å². The van der Waals surface area contributed by atoms with Gasteiger partial charge in [-0.05, 0) is 37.5 Å². The van der Waals surface area contributed by atoms with Crippen LogP contribution in [0.5, 0.6) is 5.75 Å². The molecule has 0 heterocycles. The minimum absolute atomic E-state index is 0.150. The van der Waals surface area contributed by atoms with Crippen LogP contribution in [0.25, 0.3) is 0 Å². The first kappa shape index (κ1) is 15.5. The molecule has 0 spiro atoms. The molecule has 2 atom stereocenters. The molecule has 0 aromatic heterocycles. The second kappa shape index (κ2) is 6.26. The van der Waals surface area contributed by atoms with Gasteiger partial charge in [0.25, 0.3) is 0 Å². The van der Waals surface area contributed by atoms with E-state index in [2.05, 4.69) is 15.9 Å². The number of hydrogen-bond donors (Lipinski definition) is 0. The quantitative estimate of drug-likeness (QED) is 0.774. The fraction of sp³-hybridized carbons (Fsp3) is 0.500. The molecule has 1 aromatic carbocycles. The molecule has 4 nitrogen and oxygen atoms in total. The number of halogens is 1. The van der Waals surface area contributed by atoms with Crippen molar-refractivity contribution in [2.45, 2.75) is 37.0 Å². The molecule has 0 amide bonds.